The third kappa shape index (κ3) is 6.84. The molecule has 0 amide bonds. The van der Waals surface area contributed by atoms with Gasteiger partial charge in [0, 0.05) is 19.6 Å². The third-order valence-corrected chi connectivity index (χ3v) is 1.20. The van der Waals surface area contributed by atoms with Gasteiger partial charge in [0.15, 0.2) is 12.4 Å². The van der Waals surface area contributed by atoms with Crippen molar-refractivity contribution in [2.24, 2.45) is 5.73 Å². The van der Waals surface area contributed by atoms with Crippen LogP contribution in [0, 0.1) is 22.9 Å². The minimum Gasteiger partial charge on any atom is -0.329 e. The lowest BCUT2D eigenvalue weighted by Gasteiger charge is -2.16. The number of hydrogen-bond acceptors (Lipinski definition) is 7. The first-order valence-electron chi connectivity index (χ1n) is 3.83. The molecule has 0 aliphatic rings. The Balaban J connectivity index is 3.47. The summed E-state index contributed by atoms with van der Waals surface area (Å²) >= 11 is 0. The maximum atomic E-state index is 8.27. The van der Waals surface area contributed by atoms with E-state index < -0.39 is 0 Å². The van der Waals surface area contributed by atoms with Crippen LogP contribution in [-0.4, -0.2) is 31.3 Å². The van der Waals surface area contributed by atoms with Crippen LogP contribution in [-0.2, 0) is 0 Å². The molecule has 5 N–H and O–H groups in total. The van der Waals surface area contributed by atoms with Gasteiger partial charge in [0.05, 0.1) is 6.54 Å². The van der Waals surface area contributed by atoms with Gasteiger partial charge in [-0.25, -0.2) is 10.9 Å². The molecule has 7 nitrogen and oxygen atoms in total. The lowest BCUT2D eigenvalue weighted by atomic mass is 10.5. The minimum absolute atomic E-state index is 0.487. The van der Waals surface area contributed by atoms with E-state index in [0.29, 0.717) is 26.2 Å². The van der Waals surface area contributed by atoms with E-state index in [9.17, 15) is 0 Å². The number of nitriles is 2. The molecule has 0 rings (SSSR count). The smallest absolute Gasteiger partial charge is 0.194 e. The molecule has 0 heterocycles. The van der Waals surface area contributed by atoms with E-state index in [1.165, 1.54) is 5.12 Å². The Labute approximate surface area is 77.0 Å². The fourth-order valence-electron chi connectivity index (χ4n) is 0.678. The highest BCUT2D eigenvalue weighted by Gasteiger charge is 1.99. The van der Waals surface area contributed by atoms with E-state index in [-0.39, 0.29) is 0 Å². The largest absolute Gasteiger partial charge is 0.329 e. The van der Waals surface area contributed by atoms with Gasteiger partial charge in [-0.2, -0.15) is 10.5 Å². The topological polar surface area (TPSA) is 113 Å². The molecule has 0 radical (unpaired) electrons. The molecule has 0 spiro atoms. The maximum absolute atomic E-state index is 8.27. The van der Waals surface area contributed by atoms with E-state index in [4.69, 9.17) is 16.3 Å². The SMILES string of the molecule is N#CNN(CCNCCN)NC#N. The lowest BCUT2D eigenvalue weighted by molar-refractivity contribution is 0.181. The van der Waals surface area contributed by atoms with E-state index in [2.05, 4.69) is 16.2 Å². The molecule has 0 fully saturated rings. The van der Waals surface area contributed by atoms with Crippen LogP contribution < -0.4 is 21.9 Å². The van der Waals surface area contributed by atoms with Crippen molar-refractivity contribution in [3.63, 3.8) is 0 Å². The Bertz CT molecular complexity index is 174. The number of rotatable bonds is 7. The van der Waals surface area contributed by atoms with Crippen molar-refractivity contribution in [2.75, 3.05) is 26.2 Å². The van der Waals surface area contributed by atoms with Crippen molar-refractivity contribution in [1.29, 1.82) is 10.5 Å². The highest BCUT2D eigenvalue weighted by Crippen LogP contribution is 1.71. The van der Waals surface area contributed by atoms with Crippen LogP contribution >= 0.6 is 0 Å². The quantitative estimate of drug-likeness (QED) is 0.153. The van der Waals surface area contributed by atoms with Gasteiger partial charge >= 0.3 is 0 Å². The number of nitrogens with one attached hydrogen (secondary N) is 3. The van der Waals surface area contributed by atoms with Crippen molar-refractivity contribution in [3.05, 3.63) is 0 Å². The molecule has 13 heavy (non-hydrogen) atoms. The Morgan fingerprint density at radius 3 is 2.23 bits per heavy atom. The second-order valence-corrected chi connectivity index (χ2v) is 2.14. The van der Waals surface area contributed by atoms with Gasteiger partial charge in [0.25, 0.3) is 0 Å². The molecule has 0 unspecified atom stereocenters. The van der Waals surface area contributed by atoms with Crippen LogP contribution in [0.25, 0.3) is 0 Å². The number of nitrogens with zero attached hydrogens (tertiary/aromatic N) is 3. The lowest BCUT2D eigenvalue weighted by Crippen LogP contribution is -2.47. The zero-order chi connectivity index (χ0) is 9.94. The van der Waals surface area contributed by atoms with Gasteiger partial charge in [-0.3, -0.25) is 0 Å². The third-order valence-electron chi connectivity index (χ3n) is 1.20. The highest BCUT2D eigenvalue weighted by atomic mass is 15.7. The molecule has 0 aliphatic carbocycles. The van der Waals surface area contributed by atoms with Gasteiger partial charge in [-0.15, -0.1) is 5.12 Å². The Morgan fingerprint density at radius 2 is 1.77 bits per heavy atom. The summed E-state index contributed by atoms with van der Waals surface area (Å²) < 4.78 is 0. The van der Waals surface area contributed by atoms with E-state index in [1.807, 2.05) is 0 Å². The van der Waals surface area contributed by atoms with Gasteiger partial charge in [0.2, 0.25) is 0 Å². The molecule has 0 aliphatic heterocycles. The van der Waals surface area contributed by atoms with E-state index >= 15 is 0 Å². The van der Waals surface area contributed by atoms with Crippen molar-refractivity contribution in [1.82, 2.24) is 21.3 Å². The predicted molar refractivity (Wildman–Crippen MR) is 46.1 cm³/mol. The first kappa shape index (κ1) is 11.5. The normalized spacial score (nSPS) is 8.92. The highest BCUT2D eigenvalue weighted by molar-refractivity contribution is 4.68. The summed E-state index contributed by atoms with van der Waals surface area (Å²) in [6.07, 6.45) is 3.41. The number of nitrogens with two attached hydrogens (primary N) is 1. The van der Waals surface area contributed by atoms with Crippen LogP contribution in [0.15, 0.2) is 0 Å². The van der Waals surface area contributed by atoms with Crippen LogP contribution in [0.5, 0.6) is 0 Å². The van der Waals surface area contributed by atoms with Crippen molar-refractivity contribution < 1.29 is 0 Å². The van der Waals surface area contributed by atoms with Gasteiger partial charge in [0.1, 0.15) is 0 Å². The Hall–Kier alpha value is -1.54. The van der Waals surface area contributed by atoms with Crippen LogP contribution in [0.3, 0.4) is 0 Å². The zero-order valence-electron chi connectivity index (χ0n) is 7.25. The molecule has 0 saturated carbocycles. The fourth-order valence-corrected chi connectivity index (χ4v) is 0.678. The van der Waals surface area contributed by atoms with Crippen LogP contribution in [0.2, 0.25) is 0 Å². The van der Waals surface area contributed by atoms with E-state index in [1.54, 1.807) is 12.4 Å². The first-order chi connectivity index (χ1) is 6.35. The average molecular weight is 183 g/mol. The van der Waals surface area contributed by atoms with Gasteiger partial charge in [-0.05, 0) is 0 Å². The maximum Gasteiger partial charge on any atom is 0.194 e. The summed E-state index contributed by atoms with van der Waals surface area (Å²) in [4.78, 5) is 0. The second kappa shape index (κ2) is 8.56. The van der Waals surface area contributed by atoms with Crippen LogP contribution in [0.1, 0.15) is 0 Å². The molecule has 0 bridgehead atoms. The number of hydrazine groups is 2. The second-order valence-electron chi connectivity index (χ2n) is 2.14. The molecule has 0 aromatic carbocycles. The summed E-state index contributed by atoms with van der Waals surface area (Å²) in [5.41, 5.74) is 9.84. The van der Waals surface area contributed by atoms with Crippen molar-refractivity contribution >= 4 is 0 Å². The monoisotopic (exact) mass is 183 g/mol. The molecule has 0 aromatic heterocycles. The van der Waals surface area contributed by atoms with E-state index in [0.717, 1.165) is 0 Å². The molecule has 0 aromatic rings. The first-order valence-corrected chi connectivity index (χ1v) is 3.83. The summed E-state index contributed by atoms with van der Waals surface area (Å²) in [5.74, 6) is 0. The average Bonchev–Trinajstić information content (AvgIpc) is 2.13. The summed E-state index contributed by atoms with van der Waals surface area (Å²) in [6.45, 7) is 2.41. The molecule has 7 heteroatoms. The standard InChI is InChI=1S/C6H13N7/c7-1-2-10-3-4-13(11-5-8)12-6-9/h10-12H,1-4,7H2. The zero-order valence-corrected chi connectivity index (χ0v) is 7.25. The minimum atomic E-state index is 0.487. The Kier molecular flexibility index (Phi) is 7.54. The molecule has 0 atom stereocenters. The van der Waals surface area contributed by atoms with Gasteiger partial charge < -0.3 is 11.1 Å². The summed E-state index contributed by atoms with van der Waals surface area (Å²) in [7, 11) is 0. The summed E-state index contributed by atoms with van der Waals surface area (Å²) in [5, 5.41) is 20.8. The molecular weight excluding hydrogens is 170 g/mol. The number of hydrogen-bond donors (Lipinski definition) is 4. The van der Waals surface area contributed by atoms with Crippen molar-refractivity contribution in [3.8, 4) is 12.4 Å². The van der Waals surface area contributed by atoms with Gasteiger partial charge in [-0.1, -0.05) is 0 Å². The fraction of sp³-hybridized carbons (Fsp3) is 0.667. The Morgan fingerprint density at radius 1 is 1.15 bits per heavy atom. The molecule has 0 saturated heterocycles. The molecular formula is C6H13N7. The molecule has 72 valence electrons. The predicted octanol–water partition coefficient (Wildman–Crippen LogP) is -2.19. The summed E-state index contributed by atoms with van der Waals surface area (Å²) in [6, 6.07) is 0. The van der Waals surface area contributed by atoms with Crippen molar-refractivity contribution in [2.45, 2.75) is 0 Å². The van der Waals surface area contributed by atoms with Crippen LogP contribution in [0.4, 0.5) is 0 Å².